The molecule has 0 radical (unpaired) electrons. The van der Waals surface area contributed by atoms with E-state index in [1.165, 1.54) is 36.9 Å². The van der Waals surface area contributed by atoms with E-state index in [9.17, 15) is 4.79 Å². The molecule has 1 atom stereocenters. The quantitative estimate of drug-likeness (QED) is 0.757. The number of amides is 1. The van der Waals surface area contributed by atoms with E-state index in [4.69, 9.17) is 0 Å². The van der Waals surface area contributed by atoms with Crippen molar-refractivity contribution in [1.82, 2.24) is 9.80 Å². The van der Waals surface area contributed by atoms with Gasteiger partial charge < -0.3 is 9.80 Å². The number of hydrogen-bond acceptors (Lipinski definition) is 3. The third kappa shape index (κ3) is 4.79. The lowest BCUT2D eigenvalue weighted by Crippen LogP contribution is -2.51. The number of carbonyl (C=O) groups excluding carboxylic acids is 1. The Bertz CT molecular complexity index is 685. The SMILES string of the molecule is Cc1ccc(N2CCCN(C(=O)CN3CCC(C(C)C)CC34CC4)CCC2)cc1. The van der Waals surface area contributed by atoms with Gasteiger partial charge in [-0.2, -0.15) is 0 Å². The van der Waals surface area contributed by atoms with Crippen molar-refractivity contribution >= 4 is 11.6 Å². The van der Waals surface area contributed by atoms with Crippen molar-refractivity contribution in [3.05, 3.63) is 29.8 Å². The molecule has 2 saturated heterocycles. The van der Waals surface area contributed by atoms with E-state index in [0.717, 1.165) is 57.4 Å². The average molecular weight is 398 g/mol. The second-order valence-electron chi connectivity index (χ2n) is 10.1. The first-order valence-corrected chi connectivity index (χ1v) is 11.8. The Kier molecular flexibility index (Phi) is 6.19. The van der Waals surface area contributed by atoms with E-state index in [2.05, 4.69) is 59.7 Å². The van der Waals surface area contributed by atoms with Gasteiger partial charge in [0.2, 0.25) is 5.91 Å². The third-order valence-electron chi connectivity index (χ3n) is 7.64. The molecular formula is C25H39N3O. The number of aryl methyl sites for hydroxylation is 1. The number of anilines is 1. The number of benzene rings is 1. The molecule has 1 unspecified atom stereocenters. The first-order valence-electron chi connectivity index (χ1n) is 11.8. The summed E-state index contributed by atoms with van der Waals surface area (Å²) in [7, 11) is 0. The zero-order chi connectivity index (χ0) is 20.4. The van der Waals surface area contributed by atoms with Gasteiger partial charge in [-0.3, -0.25) is 9.69 Å². The van der Waals surface area contributed by atoms with Gasteiger partial charge in [0.15, 0.2) is 0 Å². The van der Waals surface area contributed by atoms with E-state index in [0.29, 0.717) is 18.0 Å². The van der Waals surface area contributed by atoms with Crippen molar-refractivity contribution in [2.24, 2.45) is 11.8 Å². The van der Waals surface area contributed by atoms with Crippen molar-refractivity contribution in [1.29, 1.82) is 0 Å². The molecule has 1 aromatic rings. The number of hydrogen-bond donors (Lipinski definition) is 0. The Morgan fingerprint density at radius 1 is 1.03 bits per heavy atom. The van der Waals surface area contributed by atoms with Crippen LogP contribution >= 0.6 is 0 Å². The molecule has 4 rings (SSSR count). The fraction of sp³-hybridized carbons (Fsp3) is 0.720. The van der Waals surface area contributed by atoms with Gasteiger partial charge in [-0.1, -0.05) is 31.5 Å². The van der Waals surface area contributed by atoms with Gasteiger partial charge in [-0.25, -0.2) is 0 Å². The molecule has 0 N–H and O–H groups in total. The zero-order valence-corrected chi connectivity index (χ0v) is 18.7. The lowest BCUT2D eigenvalue weighted by atomic mass is 9.81. The van der Waals surface area contributed by atoms with Crippen molar-refractivity contribution in [2.75, 3.05) is 44.2 Å². The Morgan fingerprint density at radius 2 is 1.69 bits per heavy atom. The molecule has 3 fully saturated rings. The Labute approximate surface area is 177 Å². The van der Waals surface area contributed by atoms with Gasteiger partial charge in [-0.15, -0.1) is 0 Å². The normalized spacial score (nSPS) is 25.2. The molecule has 1 aliphatic carbocycles. The summed E-state index contributed by atoms with van der Waals surface area (Å²) in [5.41, 5.74) is 3.00. The van der Waals surface area contributed by atoms with Gasteiger partial charge in [0.1, 0.15) is 0 Å². The minimum Gasteiger partial charge on any atom is -0.371 e. The second kappa shape index (κ2) is 8.67. The number of carbonyl (C=O) groups is 1. The molecule has 4 nitrogen and oxygen atoms in total. The molecule has 1 amide bonds. The number of rotatable bonds is 4. The highest BCUT2D eigenvalue weighted by molar-refractivity contribution is 5.78. The first kappa shape index (κ1) is 20.7. The van der Waals surface area contributed by atoms with Gasteiger partial charge in [0.05, 0.1) is 6.54 Å². The van der Waals surface area contributed by atoms with Crippen LogP contribution in [0.15, 0.2) is 24.3 Å². The molecule has 2 aliphatic heterocycles. The summed E-state index contributed by atoms with van der Waals surface area (Å²) in [4.78, 5) is 20.3. The summed E-state index contributed by atoms with van der Waals surface area (Å²) < 4.78 is 0. The Hall–Kier alpha value is -1.55. The fourth-order valence-corrected chi connectivity index (χ4v) is 5.41. The van der Waals surface area contributed by atoms with E-state index >= 15 is 0 Å². The van der Waals surface area contributed by atoms with E-state index in [-0.39, 0.29) is 0 Å². The van der Waals surface area contributed by atoms with Crippen LogP contribution in [0.4, 0.5) is 5.69 Å². The molecule has 3 aliphatic rings. The predicted octanol–water partition coefficient (Wildman–Crippen LogP) is 4.32. The molecule has 2 heterocycles. The van der Waals surface area contributed by atoms with Gasteiger partial charge in [-0.05, 0) is 76.0 Å². The molecule has 29 heavy (non-hydrogen) atoms. The number of likely N-dealkylation sites (tertiary alicyclic amines) is 1. The maximum Gasteiger partial charge on any atom is 0.236 e. The number of piperidine rings is 1. The van der Waals surface area contributed by atoms with Crippen molar-refractivity contribution < 1.29 is 4.79 Å². The summed E-state index contributed by atoms with van der Waals surface area (Å²) in [6.45, 7) is 12.5. The molecular weight excluding hydrogens is 358 g/mol. The topological polar surface area (TPSA) is 26.8 Å². The molecule has 160 valence electrons. The van der Waals surface area contributed by atoms with Crippen molar-refractivity contribution in [3.8, 4) is 0 Å². The van der Waals surface area contributed by atoms with Crippen LogP contribution in [-0.2, 0) is 4.79 Å². The lowest BCUT2D eigenvalue weighted by Gasteiger charge is -2.42. The molecule has 0 bridgehead atoms. The Balaban J connectivity index is 1.29. The van der Waals surface area contributed by atoms with Crippen LogP contribution in [0.25, 0.3) is 0 Å². The maximum absolute atomic E-state index is 13.1. The van der Waals surface area contributed by atoms with Crippen LogP contribution in [0, 0.1) is 18.8 Å². The summed E-state index contributed by atoms with van der Waals surface area (Å²) in [6, 6.07) is 8.85. The number of nitrogens with zero attached hydrogens (tertiary/aromatic N) is 3. The fourth-order valence-electron chi connectivity index (χ4n) is 5.41. The van der Waals surface area contributed by atoms with E-state index in [1.807, 2.05) is 0 Å². The second-order valence-corrected chi connectivity index (χ2v) is 10.1. The predicted molar refractivity (Wildman–Crippen MR) is 120 cm³/mol. The lowest BCUT2D eigenvalue weighted by molar-refractivity contribution is -0.134. The van der Waals surface area contributed by atoms with Crippen molar-refractivity contribution in [3.63, 3.8) is 0 Å². The van der Waals surface area contributed by atoms with E-state index < -0.39 is 0 Å². The maximum atomic E-state index is 13.1. The zero-order valence-electron chi connectivity index (χ0n) is 18.7. The minimum absolute atomic E-state index is 0.364. The van der Waals surface area contributed by atoms with E-state index in [1.54, 1.807) is 0 Å². The smallest absolute Gasteiger partial charge is 0.236 e. The standard InChI is InChI=1S/C25H39N3O/c1-20(2)22-10-17-28(25(18-22)11-12-25)19-24(29)27-15-4-13-26(14-5-16-27)23-8-6-21(3)7-9-23/h6-9,20,22H,4-5,10-19H2,1-3H3. The summed E-state index contributed by atoms with van der Waals surface area (Å²) >= 11 is 0. The minimum atomic E-state index is 0.364. The van der Waals surface area contributed by atoms with Crippen molar-refractivity contribution in [2.45, 2.75) is 64.8 Å². The van der Waals surface area contributed by atoms with Gasteiger partial charge in [0, 0.05) is 37.4 Å². The van der Waals surface area contributed by atoms with Crippen LogP contribution in [-0.4, -0.2) is 60.5 Å². The summed E-state index contributed by atoms with van der Waals surface area (Å²) in [5.74, 6) is 1.98. The van der Waals surface area contributed by atoms with Crippen LogP contribution in [0.3, 0.4) is 0 Å². The molecule has 1 spiro atoms. The molecule has 4 heteroatoms. The summed E-state index contributed by atoms with van der Waals surface area (Å²) in [6.07, 6.45) is 7.28. The molecule has 1 saturated carbocycles. The van der Waals surface area contributed by atoms with Crippen LogP contribution in [0.1, 0.15) is 57.9 Å². The van der Waals surface area contributed by atoms with Crippen LogP contribution < -0.4 is 4.90 Å². The average Bonchev–Trinajstić information content (AvgIpc) is 3.44. The third-order valence-corrected chi connectivity index (χ3v) is 7.64. The highest BCUT2D eigenvalue weighted by Crippen LogP contribution is 2.51. The Morgan fingerprint density at radius 3 is 2.28 bits per heavy atom. The van der Waals surface area contributed by atoms with Crippen LogP contribution in [0.2, 0.25) is 0 Å². The molecule has 0 aromatic heterocycles. The van der Waals surface area contributed by atoms with Gasteiger partial charge in [0.25, 0.3) is 0 Å². The van der Waals surface area contributed by atoms with Crippen LogP contribution in [0.5, 0.6) is 0 Å². The largest absolute Gasteiger partial charge is 0.371 e. The highest BCUT2D eigenvalue weighted by Gasteiger charge is 2.52. The monoisotopic (exact) mass is 397 g/mol. The highest BCUT2D eigenvalue weighted by atomic mass is 16.2. The first-order chi connectivity index (χ1) is 14.0. The molecule has 1 aromatic carbocycles. The van der Waals surface area contributed by atoms with Gasteiger partial charge >= 0.3 is 0 Å². The summed E-state index contributed by atoms with van der Waals surface area (Å²) in [5, 5.41) is 0.